The van der Waals surface area contributed by atoms with E-state index in [0.29, 0.717) is 0 Å². The largest absolute Gasteiger partial charge is 0.377 e. The van der Waals surface area contributed by atoms with Crippen molar-refractivity contribution < 1.29 is 0 Å². The first-order valence-electron chi connectivity index (χ1n) is 6.75. The molecule has 0 bridgehead atoms. The Morgan fingerprint density at radius 3 is 1.19 bits per heavy atom. The van der Waals surface area contributed by atoms with Crippen molar-refractivity contribution in [3.8, 4) is 0 Å². The average molecular weight is 242 g/mol. The van der Waals surface area contributed by atoms with Crippen molar-refractivity contribution in [2.45, 2.75) is 64.2 Å². The molecule has 0 aromatic carbocycles. The van der Waals surface area contributed by atoms with Crippen molar-refractivity contribution >= 4 is 17.3 Å². The fourth-order valence-electron chi connectivity index (χ4n) is 3.21. The van der Waals surface area contributed by atoms with Crippen LogP contribution in [0.2, 0.25) is 0 Å². The first-order chi connectivity index (χ1) is 7.70. The Labute approximate surface area is 105 Å². The summed E-state index contributed by atoms with van der Waals surface area (Å²) in [6.07, 6.45) is 15.4. The van der Waals surface area contributed by atoms with E-state index in [-0.39, 0.29) is 5.11 Å². The molecule has 94 valence electrons. The second-order valence-corrected chi connectivity index (χ2v) is 5.67. The lowest BCUT2D eigenvalue weighted by Crippen LogP contribution is -2.20. The van der Waals surface area contributed by atoms with Crippen molar-refractivity contribution in [1.82, 2.24) is 0 Å². The van der Waals surface area contributed by atoms with Gasteiger partial charge in [0, 0.05) is 0 Å². The van der Waals surface area contributed by atoms with Crippen LogP contribution in [-0.2, 0) is 0 Å². The normalized spacial score (nSPS) is 23.2. The minimum absolute atomic E-state index is 0.000000000000000222. The summed E-state index contributed by atoms with van der Waals surface area (Å²) in [5.41, 5.74) is 9.24. The van der Waals surface area contributed by atoms with E-state index in [1.165, 1.54) is 38.5 Å². The Morgan fingerprint density at radius 1 is 0.688 bits per heavy atom. The van der Waals surface area contributed by atoms with E-state index < -0.39 is 0 Å². The second-order valence-electron chi connectivity index (χ2n) is 5.20. The van der Waals surface area contributed by atoms with Crippen LogP contribution in [0.4, 0.5) is 0 Å². The van der Waals surface area contributed by atoms with E-state index in [0.717, 1.165) is 11.8 Å². The van der Waals surface area contributed by atoms with E-state index in [4.69, 9.17) is 0 Å². The van der Waals surface area contributed by atoms with Gasteiger partial charge in [0.05, 0.1) is 0 Å². The fourth-order valence-corrected chi connectivity index (χ4v) is 3.21. The molecule has 0 atom stereocenters. The predicted molar refractivity (Wildman–Crippen MR) is 74.1 cm³/mol. The summed E-state index contributed by atoms with van der Waals surface area (Å²) in [5.74, 6) is 2.28. The van der Waals surface area contributed by atoms with Crippen molar-refractivity contribution in [2.75, 3.05) is 0 Å². The highest BCUT2D eigenvalue weighted by molar-refractivity contribution is 7.80. The van der Waals surface area contributed by atoms with Crippen molar-refractivity contribution in [3.05, 3.63) is 0 Å². The van der Waals surface area contributed by atoms with Gasteiger partial charge in [0.25, 0.3) is 0 Å². The summed E-state index contributed by atoms with van der Waals surface area (Å²) >= 11 is 4.09. The molecule has 16 heavy (non-hydrogen) atoms. The fraction of sp³-hybridized carbons (Fsp3) is 0.923. The van der Waals surface area contributed by atoms with Crippen LogP contribution < -0.4 is 11.5 Å². The van der Waals surface area contributed by atoms with Crippen molar-refractivity contribution in [3.63, 3.8) is 0 Å². The number of rotatable bonds is 1. The van der Waals surface area contributed by atoms with Crippen LogP contribution in [0, 0.1) is 11.8 Å². The lowest BCUT2D eigenvalue weighted by Gasteiger charge is -2.32. The van der Waals surface area contributed by atoms with Gasteiger partial charge in [0.15, 0.2) is 5.11 Å². The molecule has 0 aromatic heterocycles. The summed E-state index contributed by atoms with van der Waals surface area (Å²) in [6, 6.07) is 0. The third-order valence-corrected chi connectivity index (χ3v) is 3.97. The van der Waals surface area contributed by atoms with Gasteiger partial charge in [-0.15, -0.1) is 0 Å². The van der Waals surface area contributed by atoms with Gasteiger partial charge in [-0.25, -0.2) is 0 Å². The summed E-state index contributed by atoms with van der Waals surface area (Å²) in [6.45, 7) is 0. The Hall–Kier alpha value is -0.310. The Kier molecular flexibility index (Phi) is 6.78. The maximum absolute atomic E-state index is 4.62. The van der Waals surface area contributed by atoms with E-state index in [1.54, 1.807) is 25.7 Å². The monoisotopic (exact) mass is 242 g/mol. The average Bonchev–Trinajstić information content (AvgIpc) is 2.31. The maximum atomic E-state index is 4.62. The quantitative estimate of drug-likeness (QED) is 0.693. The summed E-state index contributed by atoms with van der Waals surface area (Å²) in [5, 5.41) is 0.000000000000000222. The molecule has 0 spiro atoms. The van der Waals surface area contributed by atoms with E-state index in [9.17, 15) is 0 Å². The molecule has 2 nitrogen and oxygen atoms in total. The second kappa shape index (κ2) is 7.88. The number of hydrogen-bond acceptors (Lipinski definition) is 1. The van der Waals surface area contributed by atoms with Crippen LogP contribution in [0.1, 0.15) is 64.2 Å². The molecule has 0 saturated heterocycles. The maximum Gasteiger partial charge on any atom is 0.160 e. The lowest BCUT2D eigenvalue weighted by atomic mass is 9.73. The van der Waals surface area contributed by atoms with Crippen LogP contribution in [-0.4, -0.2) is 5.11 Å². The van der Waals surface area contributed by atoms with Crippen molar-refractivity contribution in [1.29, 1.82) is 0 Å². The molecule has 4 N–H and O–H groups in total. The van der Waals surface area contributed by atoms with Gasteiger partial charge >= 0.3 is 0 Å². The molecule has 0 radical (unpaired) electrons. The Balaban J connectivity index is 0.000000280. The number of thiocarbonyl (C=S) groups is 1. The van der Waals surface area contributed by atoms with E-state index in [2.05, 4.69) is 23.7 Å². The van der Waals surface area contributed by atoms with Gasteiger partial charge in [-0.05, 0) is 24.1 Å². The molecule has 0 aromatic rings. The van der Waals surface area contributed by atoms with E-state index in [1.807, 2.05) is 0 Å². The highest BCUT2D eigenvalue weighted by atomic mass is 32.1. The zero-order valence-corrected chi connectivity index (χ0v) is 11.1. The first kappa shape index (κ1) is 13.8. The molecule has 2 rings (SSSR count). The third-order valence-electron chi connectivity index (χ3n) is 3.97. The lowest BCUT2D eigenvalue weighted by molar-refractivity contribution is 0.196. The molecule has 2 aliphatic rings. The molecule has 2 aliphatic carbocycles. The highest BCUT2D eigenvalue weighted by Gasteiger charge is 2.24. The molecule has 2 saturated carbocycles. The number of hydrogen-bond donors (Lipinski definition) is 2. The standard InChI is InChI=1S/C12H22.CH4N2S/c1-3-7-11(8-4-1)12-9-5-2-6-10-12;2-1(3)4/h11-12H,1-10H2;(H4,2,3,4). The summed E-state index contributed by atoms with van der Waals surface area (Å²) in [7, 11) is 0. The van der Waals surface area contributed by atoms with Gasteiger partial charge in [-0.3, -0.25) is 0 Å². The zero-order chi connectivity index (χ0) is 11.8. The van der Waals surface area contributed by atoms with Gasteiger partial charge in [0.1, 0.15) is 0 Å². The minimum Gasteiger partial charge on any atom is -0.377 e. The predicted octanol–water partition coefficient (Wildman–Crippen LogP) is 3.34. The van der Waals surface area contributed by atoms with Crippen LogP contribution in [0.5, 0.6) is 0 Å². The molecule has 0 heterocycles. The molecule has 3 heteroatoms. The van der Waals surface area contributed by atoms with Crippen LogP contribution in [0.25, 0.3) is 0 Å². The number of nitrogens with two attached hydrogens (primary N) is 2. The van der Waals surface area contributed by atoms with Crippen LogP contribution in [0.15, 0.2) is 0 Å². The van der Waals surface area contributed by atoms with Gasteiger partial charge in [0.2, 0.25) is 0 Å². The third kappa shape index (κ3) is 5.69. The SMILES string of the molecule is C1CCC(C2CCCCC2)CC1.NC(N)=S. The van der Waals surface area contributed by atoms with Crippen molar-refractivity contribution in [2.24, 2.45) is 23.3 Å². The van der Waals surface area contributed by atoms with Gasteiger partial charge in [-0.1, -0.05) is 64.2 Å². The highest BCUT2D eigenvalue weighted by Crippen LogP contribution is 2.37. The molecule has 2 fully saturated rings. The molecular formula is C13H26N2S. The Morgan fingerprint density at radius 2 is 0.938 bits per heavy atom. The molecular weight excluding hydrogens is 216 g/mol. The van der Waals surface area contributed by atoms with Crippen LogP contribution >= 0.6 is 12.2 Å². The van der Waals surface area contributed by atoms with E-state index >= 15 is 0 Å². The minimum atomic E-state index is 0.000000000000000222. The van der Waals surface area contributed by atoms with Gasteiger partial charge in [-0.2, -0.15) is 0 Å². The molecule has 0 amide bonds. The molecule has 0 unspecified atom stereocenters. The zero-order valence-electron chi connectivity index (χ0n) is 10.3. The summed E-state index contributed by atoms with van der Waals surface area (Å²) < 4.78 is 0. The topological polar surface area (TPSA) is 52.0 Å². The Bertz CT molecular complexity index is 174. The van der Waals surface area contributed by atoms with Gasteiger partial charge < -0.3 is 11.5 Å². The molecule has 0 aliphatic heterocycles. The summed E-state index contributed by atoms with van der Waals surface area (Å²) in [4.78, 5) is 0. The smallest absolute Gasteiger partial charge is 0.160 e. The first-order valence-corrected chi connectivity index (χ1v) is 7.16. The van der Waals surface area contributed by atoms with Crippen LogP contribution in [0.3, 0.4) is 0 Å².